The van der Waals surface area contributed by atoms with Crippen molar-refractivity contribution in [2.75, 3.05) is 31.7 Å². The maximum atomic E-state index is 5.00. The molecule has 1 N–H and O–H groups in total. The Balaban J connectivity index is 2.54. The predicted octanol–water partition coefficient (Wildman–Crippen LogP) is 2.44. The zero-order chi connectivity index (χ0) is 14.1. The van der Waals surface area contributed by atoms with Gasteiger partial charge in [0, 0.05) is 39.0 Å². The number of nitrogens with zero attached hydrogens (tertiary/aromatic N) is 2. The zero-order valence-corrected chi connectivity index (χ0v) is 12.6. The third-order valence-electron chi connectivity index (χ3n) is 3.00. The number of hydrogen-bond acceptors (Lipinski definition) is 4. The van der Waals surface area contributed by atoms with Crippen molar-refractivity contribution in [3.8, 4) is 0 Å². The number of ether oxygens (including phenoxy) is 1. The van der Waals surface area contributed by atoms with Crippen LogP contribution in [0.5, 0.6) is 0 Å². The second-order valence-electron chi connectivity index (χ2n) is 4.98. The minimum Gasteiger partial charge on any atom is -0.383 e. The van der Waals surface area contributed by atoms with Crippen molar-refractivity contribution < 1.29 is 4.74 Å². The molecular weight excluding hydrogens is 238 g/mol. The monoisotopic (exact) mass is 265 g/mol. The van der Waals surface area contributed by atoms with E-state index in [1.807, 2.05) is 6.20 Å². The summed E-state index contributed by atoms with van der Waals surface area (Å²) in [5.41, 5.74) is 1.21. The highest BCUT2D eigenvalue weighted by molar-refractivity contribution is 5.40. The summed E-state index contributed by atoms with van der Waals surface area (Å²) in [5.74, 6) is 1.07. The fraction of sp³-hybridized carbons (Fsp3) is 0.667. The second-order valence-corrected chi connectivity index (χ2v) is 4.98. The lowest BCUT2D eigenvalue weighted by Crippen LogP contribution is -2.32. The van der Waals surface area contributed by atoms with Gasteiger partial charge in [0.1, 0.15) is 5.82 Å². The minimum absolute atomic E-state index is 0.484. The van der Waals surface area contributed by atoms with Gasteiger partial charge in [-0.3, -0.25) is 0 Å². The van der Waals surface area contributed by atoms with Gasteiger partial charge in [0.25, 0.3) is 0 Å². The number of aromatic nitrogens is 1. The normalized spacial score (nSPS) is 11.0. The van der Waals surface area contributed by atoms with Gasteiger partial charge in [-0.15, -0.1) is 0 Å². The van der Waals surface area contributed by atoms with Crippen molar-refractivity contribution in [1.82, 2.24) is 10.3 Å². The van der Waals surface area contributed by atoms with Crippen LogP contribution in [0, 0.1) is 0 Å². The van der Waals surface area contributed by atoms with Gasteiger partial charge < -0.3 is 15.0 Å². The molecule has 0 radical (unpaired) electrons. The highest BCUT2D eigenvalue weighted by atomic mass is 16.5. The third-order valence-corrected chi connectivity index (χ3v) is 3.00. The van der Waals surface area contributed by atoms with Gasteiger partial charge in [0.2, 0.25) is 0 Å². The molecule has 0 bridgehead atoms. The summed E-state index contributed by atoms with van der Waals surface area (Å²) in [5, 5.41) is 3.32. The van der Waals surface area contributed by atoms with E-state index in [4.69, 9.17) is 4.74 Å². The first kappa shape index (κ1) is 15.9. The Morgan fingerprint density at radius 2 is 2.16 bits per heavy atom. The molecule has 4 nitrogen and oxygen atoms in total. The number of nitrogens with one attached hydrogen (secondary N) is 1. The van der Waals surface area contributed by atoms with Gasteiger partial charge in [0.15, 0.2) is 0 Å². The number of hydrogen-bond donors (Lipinski definition) is 1. The number of anilines is 1. The van der Waals surface area contributed by atoms with E-state index in [0.717, 1.165) is 38.5 Å². The fourth-order valence-corrected chi connectivity index (χ4v) is 1.98. The third kappa shape index (κ3) is 5.57. The van der Waals surface area contributed by atoms with Crippen LogP contribution in [0.15, 0.2) is 18.3 Å². The molecule has 0 atom stereocenters. The molecular formula is C15H27N3O. The summed E-state index contributed by atoms with van der Waals surface area (Å²) in [6.45, 7) is 10.1. The zero-order valence-electron chi connectivity index (χ0n) is 12.6. The standard InChI is InChI=1S/C15H27N3O/c1-5-9-18(13(2)3)15-7-6-14(12-17-15)11-16-8-10-19-4/h6-7,12-13,16H,5,8-11H2,1-4H3. The number of methoxy groups -OCH3 is 1. The molecule has 0 spiro atoms. The second kappa shape index (κ2) is 8.88. The van der Waals surface area contributed by atoms with Crippen LogP contribution in [-0.4, -0.2) is 37.8 Å². The SMILES string of the molecule is CCCN(c1ccc(CNCCOC)cn1)C(C)C. The van der Waals surface area contributed by atoms with E-state index in [-0.39, 0.29) is 0 Å². The maximum Gasteiger partial charge on any atom is 0.128 e. The van der Waals surface area contributed by atoms with Crippen molar-refractivity contribution in [3.05, 3.63) is 23.9 Å². The Bertz CT molecular complexity index is 338. The van der Waals surface area contributed by atoms with Crippen LogP contribution in [0.25, 0.3) is 0 Å². The van der Waals surface area contributed by atoms with E-state index in [1.165, 1.54) is 5.56 Å². The predicted molar refractivity (Wildman–Crippen MR) is 80.6 cm³/mol. The van der Waals surface area contributed by atoms with Crippen LogP contribution in [0.4, 0.5) is 5.82 Å². The lowest BCUT2D eigenvalue weighted by Gasteiger charge is -2.27. The van der Waals surface area contributed by atoms with Crippen molar-refractivity contribution in [3.63, 3.8) is 0 Å². The Morgan fingerprint density at radius 3 is 2.68 bits per heavy atom. The first-order chi connectivity index (χ1) is 9.19. The Morgan fingerprint density at radius 1 is 1.37 bits per heavy atom. The number of pyridine rings is 1. The topological polar surface area (TPSA) is 37.4 Å². The molecule has 1 rings (SSSR count). The molecule has 108 valence electrons. The summed E-state index contributed by atoms with van der Waals surface area (Å²) in [4.78, 5) is 6.91. The molecule has 19 heavy (non-hydrogen) atoms. The van der Waals surface area contributed by atoms with E-state index >= 15 is 0 Å². The van der Waals surface area contributed by atoms with Crippen LogP contribution in [0.1, 0.15) is 32.8 Å². The summed E-state index contributed by atoms with van der Waals surface area (Å²) < 4.78 is 5.00. The average molecular weight is 265 g/mol. The van der Waals surface area contributed by atoms with Gasteiger partial charge in [-0.05, 0) is 31.9 Å². The van der Waals surface area contributed by atoms with Gasteiger partial charge >= 0.3 is 0 Å². The van der Waals surface area contributed by atoms with E-state index in [1.54, 1.807) is 7.11 Å². The summed E-state index contributed by atoms with van der Waals surface area (Å²) in [7, 11) is 1.71. The molecule has 0 saturated heterocycles. The molecule has 4 heteroatoms. The highest BCUT2D eigenvalue weighted by Gasteiger charge is 2.10. The maximum absolute atomic E-state index is 5.00. The quantitative estimate of drug-likeness (QED) is 0.696. The first-order valence-corrected chi connectivity index (χ1v) is 7.10. The Hall–Kier alpha value is -1.13. The Labute approximate surface area is 117 Å². The van der Waals surface area contributed by atoms with E-state index in [9.17, 15) is 0 Å². The molecule has 0 aliphatic heterocycles. The smallest absolute Gasteiger partial charge is 0.128 e. The van der Waals surface area contributed by atoms with Crippen LogP contribution in [0.3, 0.4) is 0 Å². The molecule has 1 aromatic rings. The first-order valence-electron chi connectivity index (χ1n) is 7.10. The molecule has 1 aromatic heterocycles. The van der Waals surface area contributed by atoms with E-state index < -0.39 is 0 Å². The van der Waals surface area contributed by atoms with E-state index in [0.29, 0.717) is 6.04 Å². The molecule has 0 aromatic carbocycles. The van der Waals surface area contributed by atoms with Crippen molar-refractivity contribution in [2.24, 2.45) is 0 Å². The fourth-order valence-electron chi connectivity index (χ4n) is 1.98. The van der Waals surface area contributed by atoms with Gasteiger partial charge in [-0.1, -0.05) is 13.0 Å². The summed E-state index contributed by atoms with van der Waals surface area (Å²) in [6.07, 6.45) is 3.10. The van der Waals surface area contributed by atoms with Crippen LogP contribution in [-0.2, 0) is 11.3 Å². The molecule has 0 amide bonds. The highest BCUT2D eigenvalue weighted by Crippen LogP contribution is 2.14. The minimum atomic E-state index is 0.484. The molecule has 0 saturated carbocycles. The van der Waals surface area contributed by atoms with Crippen molar-refractivity contribution in [1.29, 1.82) is 0 Å². The van der Waals surface area contributed by atoms with Crippen molar-refractivity contribution in [2.45, 2.75) is 39.8 Å². The van der Waals surface area contributed by atoms with Gasteiger partial charge in [-0.2, -0.15) is 0 Å². The molecule has 0 unspecified atom stereocenters. The summed E-state index contributed by atoms with van der Waals surface area (Å²) in [6, 6.07) is 4.74. The van der Waals surface area contributed by atoms with Crippen LogP contribution >= 0.6 is 0 Å². The number of rotatable bonds is 9. The lowest BCUT2D eigenvalue weighted by molar-refractivity contribution is 0.199. The lowest BCUT2D eigenvalue weighted by atomic mass is 10.2. The largest absolute Gasteiger partial charge is 0.383 e. The molecule has 0 aliphatic carbocycles. The molecule has 1 heterocycles. The van der Waals surface area contributed by atoms with Crippen molar-refractivity contribution >= 4 is 5.82 Å². The molecule has 0 aliphatic rings. The van der Waals surface area contributed by atoms with Crippen LogP contribution < -0.4 is 10.2 Å². The molecule has 0 fully saturated rings. The van der Waals surface area contributed by atoms with Crippen LogP contribution in [0.2, 0.25) is 0 Å². The average Bonchev–Trinajstić information content (AvgIpc) is 2.41. The van der Waals surface area contributed by atoms with E-state index in [2.05, 4.69) is 48.1 Å². The van der Waals surface area contributed by atoms with Gasteiger partial charge in [-0.25, -0.2) is 4.98 Å². The summed E-state index contributed by atoms with van der Waals surface area (Å²) >= 11 is 0. The van der Waals surface area contributed by atoms with Gasteiger partial charge in [0.05, 0.1) is 6.61 Å². The Kier molecular flexibility index (Phi) is 7.45.